The van der Waals surface area contributed by atoms with Crippen LogP contribution in [0.15, 0.2) is 29.3 Å². The molecule has 112 valence electrons. The summed E-state index contributed by atoms with van der Waals surface area (Å²) in [5.74, 6) is 0.395. The molecule has 1 fully saturated rings. The van der Waals surface area contributed by atoms with Crippen molar-refractivity contribution in [1.82, 2.24) is 4.90 Å². The number of hydrogen-bond acceptors (Lipinski definition) is 2. The Bertz CT molecular complexity index is 449. The third-order valence-electron chi connectivity index (χ3n) is 3.22. The number of nitrogens with zero attached hydrogens (tertiary/aromatic N) is 2. The summed E-state index contributed by atoms with van der Waals surface area (Å²) in [7, 11) is 1.99. The van der Waals surface area contributed by atoms with Gasteiger partial charge >= 0.3 is 0 Å². The van der Waals surface area contributed by atoms with Crippen molar-refractivity contribution in [3.05, 3.63) is 30.1 Å². The average molecular weight is 392 g/mol. The molecule has 1 aliphatic rings. The zero-order valence-electron chi connectivity index (χ0n) is 11.7. The molecule has 0 aromatic heterocycles. The molecule has 0 radical (unpaired) electrons. The highest BCUT2D eigenvalue weighted by Crippen LogP contribution is 2.24. The highest BCUT2D eigenvalue weighted by molar-refractivity contribution is 14.0. The molecule has 0 spiro atoms. The average Bonchev–Trinajstić information content (AvgIpc) is 3.21. The van der Waals surface area contributed by atoms with Crippen LogP contribution in [0.1, 0.15) is 19.3 Å². The Morgan fingerprint density at radius 3 is 2.90 bits per heavy atom. The van der Waals surface area contributed by atoms with Crippen LogP contribution in [0, 0.1) is 5.82 Å². The fraction of sp³-hybridized carbons (Fsp3) is 0.500. The molecule has 0 saturated heterocycles. The Kier molecular flexibility index (Phi) is 7.04. The van der Waals surface area contributed by atoms with E-state index >= 15 is 0 Å². The van der Waals surface area contributed by atoms with Gasteiger partial charge in [-0.2, -0.15) is 0 Å². The Morgan fingerprint density at radius 1 is 1.50 bits per heavy atom. The molecule has 1 aliphatic carbocycles. The lowest BCUT2D eigenvalue weighted by Crippen LogP contribution is -2.35. The zero-order chi connectivity index (χ0) is 13.7. The first kappa shape index (κ1) is 17.0. The molecular weight excluding hydrogens is 370 g/mol. The third kappa shape index (κ3) is 5.52. The Hall–Kier alpha value is -1.05. The normalized spacial score (nSPS) is 14.6. The van der Waals surface area contributed by atoms with Crippen molar-refractivity contribution in [1.29, 1.82) is 0 Å². The largest absolute Gasteiger partial charge is 0.385 e. The summed E-state index contributed by atoms with van der Waals surface area (Å²) in [5.41, 5.74) is 6.68. The smallest absolute Gasteiger partial charge is 0.191 e. The predicted molar refractivity (Wildman–Crippen MR) is 92.2 cm³/mol. The fourth-order valence-electron chi connectivity index (χ4n) is 1.86. The van der Waals surface area contributed by atoms with Gasteiger partial charge in [0, 0.05) is 31.9 Å². The van der Waals surface area contributed by atoms with E-state index in [1.807, 2.05) is 18.0 Å². The SMILES string of the molecule is CN(C(N)=NCCCNc1cccc(F)c1)C1CC1.I. The topological polar surface area (TPSA) is 53.6 Å². The van der Waals surface area contributed by atoms with Crippen LogP contribution in [-0.2, 0) is 0 Å². The van der Waals surface area contributed by atoms with Crippen molar-refractivity contribution >= 4 is 35.6 Å². The first-order valence-corrected chi connectivity index (χ1v) is 6.69. The molecule has 2 rings (SSSR count). The summed E-state index contributed by atoms with van der Waals surface area (Å²) < 4.78 is 12.9. The summed E-state index contributed by atoms with van der Waals surface area (Å²) in [6, 6.07) is 7.05. The van der Waals surface area contributed by atoms with Crippen LogP contribution in [0.25, 0.3) is 0 Å². The zero-order valence-corrected chi connectivity index (χ0v) is 14.0. The highest BCUT2D eigenvalue weighted by Gasteiger charge is 2.27. The number of aliphatic imine (C=N–C) groups is 1. The standard InChI is InChI=1S/C14H21FN4.HI/c1-19(13-6-7-13)14(16)18-9-3-8-17-12-5-2-4-11(15)10-12;/h2,4-5,10,13,17H,3,6-9H2,1H3,(H2,16,18);1H. The van der Waals surface area contributed by atoms with Crippen molar-refractivity contribution in [2.24, 2.45) is 10.7 Å². The molecule has 4 nitrogen and oxygen atoms in total. The van der Waals surface area contributed by atoms with Crippen LogP contribution in [0.2, 0.25) is 0 Å². The number of hydrogen-bond donors (Lipinski definition) is 2. The van der Waals surface area contributed by atoms with Crippen molar-refractivity contribution in [3.8, 4) is 0 Å². The predicted octanol–water partition coefficient (Wildman–Crippen LogP) is 2.65. The molecule has 0 aliphatic heterocycles. The molecule has 0 bridgehead atoms. The van der Waals surface area contributed by atoms with E-state index in [0.29, 0.717) is 18.5 Å². The number of halogens is 2. The van der Waals surface area contributed by atoms with E-state index in [-0.39, 0.29) is 29.8 Å². The molecular formula is C14H22FIN4. The van der Waals surface area contributed by atoms with Crippen LogP contribution < -0.4 is 11.1 Å². The quantitative estimate of drug-likeness (QED) is 0.339. The van der Waals surface area contributed by atoms with Crippen LogP contribution in [-0.4, -0.2) is 37.0 Å². The van der Waals surface area contributed by atoms with Gasteiger partial charge < -0.3 is 16.0 Å². The van der Waals surface area contributed by atoms with Gasteiger partial charge in [-0.25, -0.2) is 4.39 Å². The molecule has 1 aromatic rings. The lowest BCUT2D eigenvalue weighted by molar-refractivity contribution is 0.487. The fourth-order valence-corrected chi connectivity index (χ4v) is 1.86. The summed E-state index contributed by atoms with van der Waals surface area (Å²) in [5, 5.41) is 3.16. The molecule has 0 heterocycles. The number of nitrogens with two attached hydrogens (primary N) is 1. The van der Waals surface area contributed by atoms with Gasteiger partial charge in [-0.1, -0.05) is 6.07 Å². The summed E-state index contributed by atoms with van der Waals surface area (Å²) in [6.07, 6.45) is 3.30. The van der Waals surface area contributed by atoms with E-state index in [1.54, 1.807) is 6.07 Å². The minimum atomic E-state index is -0.224. The van der Waals surface area contributed by atoms with Gasteiger partial charge in [0.15, 0.2) is 5.96 Å². The molecule has 3 N–H and O–H groups in total. The lowest BCUT2D eigenvalue weighted by Gasteiger charge is -2.16. The Balaban J connectivity index is 0.00000200. The maximum Gasteiger partial charge on any atom is 0.191 e. The molecule has 0 unspecified atom stereocenters. The van der Waals surface area contributed by atoms with Gasteiger partial charge in [0.2, 0.25) is 0 Å². The van der Waals surface area contributed by atoms with Gasteiger partial charge in [-0.05, 0) is 37.5 Å². The molecule has 1 aromatic carbocycles. The number of guanidine groups is 1. The van der Waals surface area contributed by atoms with Crippen molar-refractivity contribution in [3.63, 3.8) is 0 Å². The van der Waals surface area contributed by atoms with Crippen LogP contribution in [0.4, 0.5) is 10.1 Å². The number of rotatable bonds is 6. The molecule has 1 saturated carbocycles. The Labute approximate surface area is 136 Å². The highest BCUT2D eigenvalue weighted by atomic mass is 127. The van der Waals surface area contributed by atoms with Crippen molar-refractivity contribution in [2.45, 2.75) is 25.3 Å². The van der Waals surface area contributed by atoms with Crippen LogP contribution in [0.5, 0.6) is 0 Å². The molecule has 0 atom stereocenters. The summed E-state index contributed by atoms with van der Waals surface area (Å²) in [6.45, 7) is 1.44. The maximum atomic E-state index is 12.9. The van der Waals surface area contributed by atoms with E-state index < -0.39 is 0 Å². The number of anilines is 1. The minimum Gasteiger partial charge on any atom is -0.385 e. The minimum absolute atomic E-state index is 0. The number of nitrogens with one attached hydrogen (secondary N) is 1. The summed E-state index contributed by atoms with van der Waals surface area (Å²) in [4.78, 5) is 6.38. The van der Waals surface area contributed by atoms with Gasteiger partial charge in [0.25, 0.3) is 0 Å². The molecule has 20 heavy (non-hydrogen) atoms. The van der Waals surface area contributed by atoms with E-state index in [2.05, 4.69) is 10.3 Å². The van der Waals surface area contributed by atoms with E-state index in [4.69, 9.17) is 5.73 Å². The third-order valence-corrected chi connectivity index (χ3v) is 3.22. The molecule has 6 heteroatoms. The van der Waals surface area contributed by atoms with Gasteiger partial charge in [0.05, 0.1) is 0 Å². The van der Waals surface area contributed by atoms with Crippen LogP contribution in [0.3, 0.4) is 0 Å². The second kappa shape index (κ2) is 8.28. The van der Waals surface area contributed by atoms with Gasteiger partial charge in [-0.3, -0.25) is 4.99 Å². The second-order valence-electron chi connectivity index (χ2n) is 4.87. The monoisotopic (exact) mass is 392 g/mol. The van der Waals surface area contributed by atoms with Gasteiger partial charge in [0.1, 0.15) is 5.82 Å². The van der Waals surface area contributed by atoms with Crippen molar-refractivity contribution in [2.75, 3.05) is 25.5 Å². The molecule has 0 amide bonds. The Morgan fingerprint density at radius 2 is 2.25 bits per heavy atom. The summed E-state index contributed by atoms with van der Waals surface area (Å²) >= 11 is 0. The first-order chi connectivity index (χ1) is 9.16. The second-order valence-corrected chi connectivity index (χ2v) is 4.87. The van der Waals surface area contributed by atoms with Crippen LogP contribution >= 0.6 is 24.0 Å². The first-order valence-electron chi connectivity index (χ1n) is 6.69. The lowest BCUT2D eigenvalue weighted by atomic mass is 10.3. The van der Waals surface area contributed by atoms with Crippen molar-refractivity contribution < 1.29 is 4.39 Å². The van der Waals surface area contributed by atoms with Gasteiger partial charge in [-0.15, -0.1) is 24.0 Å². The van der Waals surface area contributed by atoms with E-state index in [9.17, 15) is 4.39 Å². The number of benzene rings is 1. The maximum absolute atomic E-state index is 12.9. The van der Waals surface area contributed by atoms with E-state index in [1.165, 1.54) is 25.0 Å². The van der Waals surface area contributed by atoms with E-state index in [0.717, 1.165) is 18.7 Å².